The minimum absolute atomic E-state index is 0.0383. The van der Waals surface area contributed by atoms with Gasteiger partial charge in [0.1, 0.15) is 0 Å². The summed E-state index contributed by atoms with van der Waals surface area (Å²) in [5.74, 6) is -0.0383. The van der Waals surface area contributed by atoms with Crippen molar-refractivity contribution in [3.8, 4) is 0 Å². The van der Waals surface area contributed by atoms with Gasteiger partial charge in [-0.2, -0.15) is 0 Å². The van der Waals surface area contributed by atoms with Gasteiger partial charge >= 0.3 is 0 Å². The number of carbonyl (C=O) groups is 1. The molecule has 0 spiro atoms. The summed E-state index contributed by atoms with van der Waals surface area (Å²) in [6.07, 6.45) is 0.962. The van der Waals surface area contributed by atoms with E-state index in [1.807, 2.05) is 24.3 Å². The van der Waals surface area contributed by atoms with Gasteiger partial charge in [-0.3, -0.25) is 4.79 Å². The second-order valence-electron chi connectivity index (χ2n) is 4.62. The molecule has 0 saturated carbocycles. The molecule has 0 aromatic heterocycles. The molecule has 1 fully saturated rings. The Labute approximate surface area is 113 Å². The first kappa shape index (κ1) is 14.0. The third-order valence-corrected chi connectivity index (χ3v) is 3.06. The fourth-order valence-electron chi connectivity index (χ4n) is 2.05. The van der Waals surface area contributed by atoms with E-state index in [1.54, 1.807) is 0 Å². The molecule has 1 aliphatic heterocycles. The molecular formula is C14H20N2O3. The average molecular weight is 264 g/mol. The molecule has 1 aromatic rings. The van der Waals surface area contributed by atoms with Gasteiger partial charge < -0.3 is 20.5 Å². The summed E-state index contributed by atoms with van der Waals surface area (Å²) >= 11 is 0. The highest BCUT2D eigenvalue weighted by Crippen LogP contribution is 2.11. The molecule has 1 atom stereocenters. The predicted octanol–water partition coefficient (Wildman–Crippen LogP) is 0.538. The second-order valence-corrected chi connectivity index (χ2v) is 4.62. The van der Waals surface area contributed by atoms with Crippen LogP contribution < -0.4 is 10.6 Å². The van der Waals surface area contributed by atoms with Crippen molar-refractivity contribution >= 4 is 11.6 Å². The Bertz CT molecular complexity index is 400. The molecule has 1 amide bonds. The number of carbonyl (C=O) groups excluding carboxylic acids is 1. The maximum absolute atomic E-state index is 11.8. The van der Waals surface area contributed by atoms with Crippen molar-refractivity contribution in [2.45, 2.75) is 18.9 Å². The van der Waals surface area contributed by atoms with Crippen LogP contribution in [0.1, 0.15) is 12.0 Å². The zero-order valence-corrected chi connectivity index (χ0v) is 10.9. The number of amides is 1. The summed E-state index contributed by atoms with van der Waals surface area (Å²) in [5, 5.41) is 14.9. The van der Waals surface area contributed by atoms with E-state index in [2.05, 4.69) is 10.6 Å². The Morgan fingerprint density at radius 3 is 2.84 bits per heavy atom. The van der Waals surface area contributed by atoms with Crippen LogP contribution in [0, 0.1) is 0 Å². The maximum Gasteiger partial charge on any atom is 0.227 e. The van der Waals surface area contributed by atoms with E-state index in [1.165, 1.54) is 0 Å². The second kappa shape index (κ2) is 7.23. The number of hydrogen-bond acceptors (Lipinski definition) is 4. The highest BCUT2D eigenvalue weighted by atomic mass is 16.5. The molecule has 104 valence electrons. The lowest BCUT2D eigenvalue weighted by Gasteiger charge is -2.23. The van der Waals surface area contributed by atoms with Gasteiger partial charge in [-0.15, -0.1) is 0 Å². The Morgan fingerprint density at radius 1 is 1.42 bits per heavy atom. The highest BCUT2D eigenvalue weighted by molar-refractivity contribution is 5.91. The number of anilines is 1. The zero-order chi connectivity index (χ0) is 13.5. The van der Waals surface area contributed by atoms with Crippen molar-refractivity contribution in [1.82, 2.24) is 5.32 Å². The number of aliphatic hydroxyl groups is 1. The van der Waals surface area contributed by atoms with Gasteiger partial charge in [0.25, 0.3) is 0 Å². The molecule has 19 heavy (non-hydrogen) atoms. The average Bonchev–Trinajstić information content (AvgIpc) is 2.42. The van der Waals surface area contributed by atoms with E-state index in [4.69, 9.17) is 9.84 Å². The quantitative estimate of drug-likeness (QED) is 0.726. The van der Waals surface area contributed by atoms with Crippen molar-refractivity contribution in [3.05, 3.63) is 29.8 Å². The highest BCUT2D eigenvalue weighted by Gasteiger charge is 2.17. The van der Waals surface area contributed by atoms with Crippen LogP contribution in [0.3, 0.4) is 0 Å². The number of nitrogens with one attached hydrogen (secondary N) is 2. The first-order valence-electron chi connectivity index (χ1n) is 6.60. The van der Waals surface area contributed by atoms with Crippen LogP contribution in [0.2, 0.25) is 0 Å². The number of rotatable bonds is 5. The van der Waals surface area contributed by atoms with E-state index in [9.17, 15) is 4.79 Å². The lowest BCUT2D eigenvalue weighted by Crippen LogP contribution is -2.40. The van der Waals surface area contributed by atoms with E-state index in [0.717, 1.165) is 24.3 Å². The van der Waals surface area contributed by atoms with E-state index >= 15 is 0 Å². The van der Waals surface area contributed by atoms with Crippen LogP contribution in [0.4, 0.5) is 5.69 Å². The molecule has 5 heteroatoms. The molecular weight excluding hydrogens is 244 g/mol. The van der Waals surface area contributed by atoms with Crippen LogP contribution in [0.25, 0.3) is 0 Å². The molecule has 2 rings (SSSR count). The molecule has 1 unspecified atom stereocenters. The van der Waals surface area contributed by atoms with E-state index < -0.39 is 0 Å². The normalized spacial score (nSPS) is 19.1. The van der Waals surface area contributed by atoms with Crippen LogP contribution >= 0.6 is 0 Å². The minimum atomic E-state index is -0.0394. The Morgan fingerprint density at radius 2 is 2.21 bits per heavy atom. The van der Waals surface area contributed by atoms with Crippen LogP contribution in [-0.4, -0.2) is 43.4 Å². The van der Waals surface area contributed by atoms with Gasteiger partial charge in [-0.1, -0.05) is 12.1 Å². The number of hydrogen-bond donors (Lipinski definition) is 3. The summed E-state index contributed by atoms with van der Waals surface area (Å²) in [6, 6.07) is 7.51. The largest absolute Gasteiger partial charge is 0.396 e. The number of aliphatic hydroxyl groups excluding tert-OH is 1. The maximum atomic E-state index is 11.8. The Balaban J connectivity index is 1.80. The molecule has 1 heterocycles. The molecule has 0 aliphatic carbocycles. The topological polar surface area (TPSA) is 70.6 Å². The minimum Gasteiger partial charge on any atom is -0.396 e. The first-order chi connectivity index (χ1) is 9.28. The summed E-state index contributed by atoms with van der Waals surface area (Å²) in [5.41, 5.74) is 1.83. The van der Waals surface area contributed by atoms with Gasteiger partial charge in [0.05, 0.1) is 19.1 Å². The van der Waals surface area contributed by atoms with Crippen molar-refractivity contribution in [2.75, 3.05) is 31.6 Å². The van der Waals surface area contributed by atoms with Gasteiger partial charge in [0.15, 0.2) is 0 Å². The van der Waals surface area contributed by atoms with Crippen molar-refractivity contribution in [1.29, 1.82) is 0 Å². The Kier molecular flexibility index (Phi) is 5.32. The molecule has 0 radical (unpaired) electrons. The molecule has 1 aliphatic rings. The molecule has 5 nitrogen and oxygen atoms in total. The summed E-state index contributed by atoms with van der Waals surface area (Å²) in [7, 11) is 0. The van der Waals surface area contributed by atoms with E-state index in [0.29, 0.717) is 19.4 Å². The summed E-state index contributed by atoms with van der Waals surface area (Å²) in [4.78, 5) is 11.8. The van der Waals surface area contributed by atoms with Gasteiger partial charge in [-0.05, 0) is 24.1 Å². The molecule has 3 N–H and O–H groups in total. The van der Waals surface area contributed by atoms with Crippen LogP contribution in [-0.2, 0) is 16.0 Å². The summed E-state index contributed by atoms with van der Waals surface area (Å²) < 4.78 is 5.49. The fourth-order valence-corrected chi connectivity index (χ4v) is 2.05. The van der Waals surface area contributed by atoms with E-state index in [-0.39, 0.29) is 18.6 Å². The monoisotopic (exact) mass is 264 g/mol. The van der Waals surface area contributed by atoms with Crippen molar-refractivity contribution in [3.63, 3.8) is 0 Å². The Hall–Kier alpha value is -1.43. The number of ether oxygens (including phenoxy) is 1. The van der Waals surface area contributed by atoms with Crippen LogP contribution in [0.5, 0.6) is 0 Å². The van der Waals surface area contributed by atoms with Crippen molar-refractivity contribution in [2.24, 2.45) is 0 Å². The van der Waals surface area contributed by atoms with Gasteiger partial charge in [0.2, 0.25) is 5.91 Å². The number of morpholine rings is 1. The molecule has 1 saturated heterocycles. The third kappa shape index (κ3) is 4.63. The fraction of sp³-hybridized carbons (Fsp3) is 0.500. The standard InChI is InChI=1S/C14H20N2O3/c17-7-5-11-1-3-12(4-2-11)16-14(18)9-13-10-15-6-8-19-13/h1-4,13,15,17H,5-10H2,(H,16,18). The SMILES string of the molecule is O=C(CC1CNCCO1)Nc1ccc(CCO)cc1. The third-order valence-electron chi connectivity index (χ3n) is 3.06. The number of benzene rings is 1. The lowest BCUT2D eigenvalue weighted by atomic mass is 10.1. The van der Waals surface area contributed by atoms with Gasteiger partial charge in [0, 0.05) is 25.4 Å². The smallest absolute Gasteiger partial charge is 0.227 e. The summed E-state index contributed by atoms with van der Waals surface area (Å²) in [6.45, 7) is 2.37. The molecule has 0 bridgehead atoms. The van der Waals surface area contributed by atoms with Crippen molar-refractivity contribution < 1.29 is 14.6 Å². The lowest BCUT2D eigenvalue weighted by molar-refractivity contribution is -0.119. The first-order valence-corrected chi connectivity index (χ1v) is 6.60. The zero-order valence-electron chi connectivity index (χ0n) is 10.9. The van der Waals surface area contributed by atoms with Crippen LogP contribution in [0.15, 0.2) is 24.3 Å². The van der Waals surface area contributed by atoms with Gasteiger partial charge in [-0.25, -0.2) is 0 Å². The predicted molar refractivity (Wildman–Crippen MR) is 73.1 cm³/mol. The molecule has 1 aromatic carbocycles.